The van der Waals surface area contributed by atoms with E-state index in [-0.39, 0.29) is 11.3 Å². The molecule has 3 nitrogen and oxygen atoms in total. The van der Waals surface area contributed by atoms with Crippen LogP contribution in [-0.4, -0.2) is 16.7 Å². The van der Waals surface area contributed by atoms with Crippen LogP contribution in [0.4, 0.5) is 0 Å². The molecule has 1 aliphatic carbocycles. The van der Waals surface area contributed by atoms with Gasteiger partial charge >= 0.3 is 5.97 Å². The zero-order valence-electron chi connectivity index (χ0n) is 8.37. The normalized spacial score (nSPS) is 21.4. The van der Waals surface area contributed by atoms with Gasteiger partial charge < -0.3 is 9.84 Å². The van der Waals surface area contributed by atoms with Crippen molar-refractivity contribution in [3.05, 3.63) is 40.6 Å². The molecule has 3 rings (SSSR count). The van der Waals surface area contributed by atoms with Crippen LogP contribution >= 0.6 is 11.6 Å². The average molecular weight is 237 g/mol. The van der Waals surface area contributed by atoms with Crippen LogP contribution in [0.1, 0.15) is 18.4 Å². The summed E-state index contributed by atoms with van der Waals surface area (Å²) in [7, 11) is 0. The molecule has 1 aromatic rings. The summed E-state index contributed by atoms with van der Waals surface area (Å²) in [5.41, 5.74) is 0.146. The van der Waals surface area contributed by atoms with Crippen molar-refractivity contribution in [2.45, 2.75) is 18.4 Å². The Morgan fingerprint density at radius 3 is 2.69 bits per heavy atom. The van der Waals surface area contributed by atoms with E-state index in [0.717, 1.165) is 0 Å². The molecule has 0 saturated heterocycles. The van der Waals surface area contributed by atoms with Crippen molar-refractivity contribution in [2.24, 2.45) is 0 Å². The van der Waals surface area contributed by atoms with Crippen molar-refractivity contribution < 1.29 is 14.6 Å². The fourth-order valence-corrected chi connectivity index (χ4v) is 2.14. The molecule has 2 aliphatic rings. The number of carbonyl (C=O) groups is 1. The maximum atomic E-state index is 11.7. The van der Waals surface area contributed by atoms with Crippen molar-refractivity contribution in [1.82, 2.24) is 0 Å². The quantitative estimate of drug-likeness (QED) is 0.763. The summed E-state index contributed by atoms with van der Waals surface area (Å²) < 4.78 is 5.17. The number of halogens is 1. The topological polar surface area (TPSA) is 46.5 Å². The standard InChI is InChI=1S/C12H9ClO3/c13-8-3-1-2-7(6-8)9-10(14)12(4-5-12)16-11(9)15/h1-3,6,14H,4-5H2. The van der Waals surface area contributed by atoms with Crippen LogP contribution < -0.4 is 0 Å². The molecule has 0 atom stereocenters. The lowest BCUT2D eigenvalue weighted by atomic mass is 10.0. The minimum Gasteiger partial charge on any atom is -0.507 e. The number of ether oxygens (including phenoxy) is 1. The third kappa shape index (κ3) is 1.25. The minimum atomic E-state index is -0.714. The second-order valence-corrected chi connectivity index (χ2v) is 4.55. The van der Waals surface area contributed by atoms with Crippen LogP contribution in [0.3, 0.4) is 0 Å². The third-order valence-electron chi connectivity index (χ3n) is 2.98. The molecule has 1 N–H and O–H groups in total. The largest absolute Gasteiger partial charge is 0.507 e. The van der Waals surface area contributed by atoms with E-state index < -0.39 is 11.6 Å². The number of hydrogen-bond donors (Lipinski definition) is 1. The van der Waals surface area contributed by atoms with Crippen LogP contribution in [0.25, 0.3) is 5.57 Å². The Morgan fingerprint density at radius 1 is 1.38 bits per heavy atom. The average Bonchev–Trinajstić information content (AvgIpc) is 2.94. The molecule has 1 spiro atoms. The molecule has 1 saturated carbocycles. The number of aliphatic hydroxyl groups is 1. The van der Waals surface area contributed by atoms with Gasteiger partial charge in [-0.1, -0.05) is 23.7 Å². The van der Waals surface area contributed by atoms with Crippen LogP contribution in [0.15, 0.2) is 30.0 Å². The molecular weight excluding hydrogens is 228 g/mol. The summed E-state index contributed by atoms with van der Waals surface area (Å²) in [5.74, 6) is -0.406. The summed E-state index contributed by atoms with van der Waals surface area (Å²) in [5, 5.41) is 10.5. The van der Waals surface area contributed by atoms with Crippen molar-refractivity contribution in [3.63, 3.8) is 0 Å². The molecule has 82 valence electrons. The van der Waals surface area contributed by atoms with Gasteiger partial charge in [-0.2, -0.15) is 0 Å². The predicted molar refractivity (Wildman–Crippen MR) is 59.1 cm³/mol. The van der Waals surface area contributed by atoms with Crippen molar-refractivity contribution >= 4 is 23.1 Å². The first kappa shape index (κ1) is 9.73. The number of rotatable bonds is 1. The molecule has 0 amide bonds. The Morgan fingerprint density at radius 2 is 2.12 bits per heavy atom. The SMILES string of the molecule is O=C1OC2(CC2)C(O)=C1c1cccc(Cl)c1. The fraction of sp³-hybridized carbons (Fsp3) is 0.250. The first-order valence-electron chi connectivity index (χ1n) is 5.05. The van der Waals surface area contributed by atoms with E-state index in [1.165, 1.54) is 0 Å². The highest BCUT2D eigenvalue weighted by atomic mass is 35.5. The molecule has 0 aromatic heterocycles. The van der Waals surface area contributed by atoms with Crippen LogP contribution in [0, 0.1) is 0 Å². The highest BCUT2D eigenvalue weighted by Crippen LogP contribution is 2.52. The molecule has 1 aliphatic heterocycles. The van der Waals surface area contributed by atoms with E-state index in [9.17, 15) is 9.90 Å². The van der Waals surface area contributed by atoms with E-state index >= 15 is 0 Å². The summed E-state index contributed by atoms with van der Waals surface area (Å²) in [6.07, 6.45) is 1.41. The molecule has 1 fully saturated rings. The number of hydrogen-bond acceptors (Lipinski definition) is 3. The Bertz CT molecular complexity index is 515. The van der Waals surface area contributed by atoms with Crippen molar-refractivity contribution in [1.29, 1.82) is 0 Å². The first-order chi connectivity index (χ1) is 7.62. The Balaban J connectivity index is 2.13. The van der Waals surface area contributed by atoms with Crippen molar-refractivity contribution in [2.75, 3.05) is 0 Å². The molecule has 1 aromatic carbocycles. The zero-order valence-corrected chi connectivity index (χ0v) is 9.12. The maximum absolute atomic E-state index is 11.7. The first-order valence-corrected chi connectivity index (χ1v) is 5.43. The fourth-order valence-electron chi connectivity index (χ4n) is 1.95. The molecular formula is C12H9ClO3. The van der Waals surface area contributed by atoms with Gasteiger partial charge in [-0.25, -0.2) is 4.79 Å². The van der Waals surface area contributed by atoms with Gasteiger partial charge in [0.15, 0.2) is 11.4 Å². The van der Waals surface area contributed by atoms with Gasteiger partial charge in [0.05, 0.1) is 0 Å². The van der Waals surface area contributed by atoms with Gasteiger partial charge in [-0.05, 0) is 30.5 Å². The number of carbonyl (C=O) groups excluding carboxylic acids is 1. The Hall–Kier alpha value is -1.48. The number of benzene rings is 1. The maximum Gasteiger partial charge on any atom is 0.343 e. The Labute approximate surface area is 97.3 Å². The summed E-state index contributed by atoms with van der Waals surface area (Å²) in [6.45, 7) is 0. The van der Waals surface area contributed by atoms with E-state index in [2.05, 4.69) is 0 Å². The Kier molecular flexibility index (Phi) is 1.83. The van der Waals surface area contributed by atoms with Crippen LogP contribution in [-0.2, 0) is 9.53 Å². The highest BCUT2D eigenvalue weighted by molar-refractivity contribution is 6.31. The second kappa shape index (κ2) is 3.01. The molecule has 0 bridgehead atoms. The lowest BCUT2D eigenvalue weighted by molar-refractivity contribution is -0.140. The van der Waals surface area contributed by atoms with Gasteiger partial charge in [0, 0.05) is 5.02 Å². The lowest BCUT2D eigenvalue weighted by Crippen LogP contribution is -2.11. The molecule has 0 unspecified atom stereocenters. The van der Waals surface area contributed by atoms with E-state index in [1.54, 1.807) is 24.3 Å². The number of esters is 1. The van der Waals surface area contributed by atoms with Gasteiger partial charge in [0.25, 0.3) is 0 Å². The molecule has 4 heteroatoms. The van der Waals surface area contributed by atoms with E-state index in [1.807, 2.05) is 0 Å². The number of aliphatic hydroxyl groups excluding tert-OH is 1. The minimum absolute atomic E-state index is 0.0553. The summed E-state index contributed by atoms with van der Waals surface area (Å²) in [4.78, 5) is 11.7. The second-order valence-electron chi connectivity index (χ2n) is 4.12. The molecule has 1 heterocycles. The highest BCUT2D eigenvalue weighted by Gasteiger charge is 2.57. The van der Waals surface area contributed by atoms with E-state index in [0.29, 0.717) is 23.4 Å². The smallest absolute Gasteiger partial charge is 0.343 e. The van der Waals surface area contributed by atoms with Gasteiger partial charge in [0.1, 0.15) is 5.57 Å². The summed E-state index contributed by atoms with van der Waals surface area (Å²) >= 11 is 5.85. The van der Waals surface area contributed by atoms with Gasteiger partial charge in [-0.15, -0.1) is 0 Å². The summed E-state index contributed by atoms with van der Waals surface area (Å²) in [6, 6.07) is 6.84. The molecule has 0 radical (unpaired) electrons. The van der Waals surface area contributed by atoms with Crippen LogP contribution in [0.2, 0.25) is 5.02 Å². The van der Waals surface area contributed by atoms with Crippen molar-refractivity contribution in [3.8, 4) is 0 Å². The molecule has 16 heavy (non-hydrogen) atoms. The monoisotopic (exact) mass is 236 g/mol. The third-order valence-corrected chi connectivity index (χ3v) is 3.21. The predicted octanol–water partition coefficient (Wildman–Crippen LogP) is 2.70. The van der Waals surface area contributed by atoms with Crippen LogP contribution in [0.5, 0.6) is 0 Å². The van der Waals surface area contributed by atoms with Gasteiger partial charge in [-0.3, -0.25) is 0 Å². The van der Waals surface area contributed by atoms with E-state index in [4.69, 9.17) is 16.3 Å². The zero-order chi connectivity index (χ0) is 11.3. The lowest BCUT2D eigenvalue weighted by Gasteiger charge is -2.04. The van der Waals surface area contributed by atoms with Gasteiger partial charge in [0.2, 0.25) is 0 Å².